The van der Waals surface area contributed by atoms with E-state index in [1.54, 1.807) is 23.1 Å². The van der Waals surface area contributed by atoms with Gasteiger partial charge in [0, 0.05) is 16.5 Å². The molecule has 1 heterocycles. The molecule has 6 heteroatoms. The molecule has 0 saturated carbocycles. The van der Waals surface area contributed by atoms with E-state index in [1.165, 1.54) is 16.7 Å². The second-order valence-corrected chi connectivity index (χ2v) is 7.85. The van der Waals surface area contributed by atoms with Gasteiger partial charge in [0.2, 0.25) is 5.13 Å². The molecule has 3 rings (SSSR count). The Morgan fingerprint density at radius 3 is 2.74 bits per heavy atom. The maximum Gasteiger partial charge on any atom is 0.210 e. The SMILES string of the molecule is Cc1ccc(Nc2nnc(SCc3cccc(Cl)c3)s2)cc1C. The average molecular weight is 362 g/mol. The first kappa shape index (κ1) is 16.3. The molecule has 0 spiro atoms. The van der Waals surface area contributed by atoms with Crippen LogP contribution in [0.4, 0.5) is 10.8 Å². The Kier molecular flexibility index (Phi) is 5.20. The summed E-state index contributed by atoms with van der Waals surface area (Å²) in [7, 11) is 0. The van der Waals surface area contributed by atoms with E-state index in [9.17, 15) is 0 Å². The van der Waals surface area contributed by atoms with Crippen LogP contribution in [0.3, 0.4) is 0 Å². The first-order valence-electron chi connectivity index (χ1n) is 7.15. The van der Waals surface area contributed by atoms with E-state index in [2.05, 4.69) is 53.6 Å². The Morgan fingerprint density at radius 2 is 1.96 bits per heavy atom. The highest BCUT2D eigenvalue weighted by Crippen LogP contribution is 2.30. The number of thioether (sulfide) groups is 1. The summed E-state index contributed by atoms with van der Waals surface area (Å²) in [5.74, 6) is 0.832. The van der Waals surface area contributed by atoms with Gasteiger partial charge in [-0.05, 0) is 54.8 Å². The third-order valence-corrected chi connectivity index (χ3v) is 5.69. The minimum atomic E-state index is 0.762. The highest BCUT2D eigenvalue weighted by molar-refractivity contribution is 8.00. The minimum absolute atomic E-state index is 0.762. The molecule has 0 aliphatic carbocycles. The normalized spacial score (nSPS) is 10.7. The highest BCUT2D eigenvalue weighted by atomic mass is 35.5. The maximum absolute atomic E-state index is 6.00. The molecule has 0 aliphatic rings. The quantitative estimate of drug-likeness (QED) is 0.579. The van der Waals surface area contributed by atoms with E-state index < -0.39 is 0 Å². The van der Waals surface area contributed by atoms with Gasteiger partial charge < -0.3 is 5.32 Å². The van der Waals surface area contributed by atoms with Crippen molar-refractivity contribution in [3.63, 3.8) is 0 Å². The molecular formula is C17H16ClN3S2. The van der Waals surface area contributed by atoms with Crippen LogP contribution in [0.2, 0.25) is 5.02 Å². The number of rotatable bonds is 5. The van der Waals surface area contributed by atoms with Gasteiger partial charge in [-0.2, -0.15) is 0 Å². The third-order valence-electron chi connectivity index (χ3n) is 3.42. The van der Waals surface area contributed by atoms with Gasteiger partial charge in [-0.3, -0.25) is 0 Å². The standard InChI is InChI=1S/C17H16ClN3S2/c1-11-6-7-15(8-12(11)2)19-16-20-21-17(23-16)22-10-13-4-3-5-14(18)9-13/h3-9H,10H2,1-2H3,(H,19,20). The number of nitrogens with one attached hydrogen (secondary N) is 1. The predicted molar refractivity (Wildman–Crippen MR) is 100 cm³/mol. The summed E-state index contributed by atoms with van der Waals surface area (Å²) >= 11 is 9.22. The molecule has 0 amide bonds. The van der Waals surface area contributed by atoms with Gasteiger partial charge in [-0.25, -0.2) is 0 Å². The van der Waals surface area contributed by atoms with Crippen molar-refractivity contribution in [1.29, 1.82) is 0 Å². The summed E-state index contributed by atoms with van der Waals surface area (Å²) in [6.45, 7) is 4.21. The molecule has 0 fully saturated rings. The minimum Gasteiger partial charge on any atom is -0.330 e. The molecule has 2 aromatic carbocycles. The van der Waals surface area contributed by atoms with Gasteiger partial charge in [0.1, 0.15) is 0 Å². The molecule has 3 nitrogen and oxygen atoms in total. The number of aryl methyl sites for hydroxylation is 2. The summed E-state index contributed by atoms with van der Waals surface area (Å²) < 4.78 is 0.941. The molecule has 0 bridgehead atoms. The van der Waals surface area contributed by atoms with Crippen LogP contribution in [-0.2, 0) is 5.75 Å². The predicted octanol–water partition coefficient (Wildman–Crippen LogP) is 5.84. The Labute approximate surface area is 149 Å². The van der Waals surface area contributed by atoms with Gasteiger partial charge in [-0.15, -0.1) is 10.2 Å². The van der Waals surface area contributed by atoms with E-state index in [-0.39, 0.29) is 0 Å². The molecule has 0 aliphatic heterocycles. The second-order valence-electron chi connectivity index (χ2n) is 5.22. The van der Waals surface area contributed by atoms with E-state index in [0.717, 1.165) is 25.9 Å². The van der Waals surface area contributed by atoms with Gasteiger partial charge in [0.15, 0.2) is 4.34 Å². The molecular weight excluding hydrogens is 346 g/mol. The van der Waals surface area contributed by atoms with E-state index in [0.29, 0.717) is 0 Å². The zero-order valence-electron chi connectivity index (χ0n) is 12.8. The lowest BCUT2D eigenvalue weighted by atomic mass is 10.1. The monoisotopic (exact) mass is 361 g/mol. The summed E-state index contributed by atoms with van der Waals surface area (Å²) in [5, 5.41) is 13.3. The second kappa shape index (κ2) is 7.34. The molecule has 0 radical (unpaired) electrons. The van der Waals surface area contributed by atoms with Crippen molar-refractivity contribution in [2.45, 2.75) is 23.9 Å². The molecule has 0 saturated heterocycles. The maximum atomic E-state index is 6.00. The first-order valence-corrected chi connectivity index (χ1v) is 9.33. The zero-order valence-corrected chi connectivity index (χ0v) is 15.2. The molecule has 23 heavy (non-hydrogen) atoms. The zero-order chi connectivity index (χ0) is 16.2. The Hall–Kier alpha value is -1.56. The fourth-order valence-corrected chi connectivity index (χ4v) is 3.96. The molecule has 3 aromatic rings. The number of nitrogens with zero attached hydrogens (tertiary/aromatic N) is 2. The van der Waals surface area contributed by atoms with Gasteiger partial charge in [0.05, 0.1) is 0 Å². The summed E-state index contributed by atoms with van der Waals surface area (Å²) in [6, 6.07) is 14.2. The smallest absolute Gasteiger partial charge is 0.210 e. The van der Waals surface area contributed by atoms with Crippen molar-refractivity contribution >= 4 is 45.5 Å². The number of hydrogen-bond acceptors (Lipinski definition) is 5. The fourth-order valence-electron chi connectivity index (χ4n) is 2.03. The van der Waals surface area contributed by atoms with Crippen LogP contribution in [0, 0.1) is 13.8 Å². The van der Waals surface area contributed by atoms with Crippen LogP contribution >= 0.6 is 34.7 Å². The fraction of sp³-hybridized carbons (Fsp3) is 0.176. The lowest BCUT2D eigenvalue weighted by molar-refractivity contribution is 1.01. The lowest BCUT2D eigenvalue weighted by Gasteiger charge is -2.05. The summed E-state index contributed by atoms with van der Waals surface area (Å²) in [6.07, 6.45) is 0. The Morgan fingerprint density at radius 1 is 1.09 bits per heavy atom. The molecule has 1 N–H and O–H groups in total. The van der Waals surface area contributed by atoms with E-state index in [4.69, 9.17) is 11.6 Å². The van der Waals surface area contributed by atoms with Crippen molar-refractivity contribution in [3.05, 3.63) is 64.2 Å². The Bertz CT molecular complexity index is 817. The largest absolute Gasteiger partial charge is 0.330 e. The molecule has 0 atom stereocenters. The van der Waals surface area contributed by atoms with Crippen LogP contribution in [0.25, 0.3) is 0 Å². The van der Waals surface area contributed by atoms with Gasteiger partial charge >= 0.3 is 0 Å². The van der Waals surface area contributed by atoms with Crippen molar-refractivity contribution in [2.75, 3.05) is 5.32 Å². The van der Waals surface area contributed by atoms with Crippen molar-refractivity contribution in [3.8, 4) is 0 Å². The van der Waals surface area contributed by atoms with Crippen molar-refractivity contribution in [1.82, 2.24) is 10.2 Å². The number of benzene rings is 2. The number of hydrogen-bond donors (Lipinski definition) is 1. The lowest BCUT2D eigenvalue weighted by Crippen LogP contribution is -1.91. The van der Waals surface area contributed by atoms with E-state index in [1.807, 2.05) is 18.2 Å². The number of anilines is 2. The average Bonchev–Trinajstić information content (AvgIpc) is 2.97. The van der Waals surface area contributed by atoms with Gasteiger partial charge in [0.25, 0.3) is 0 Å². The van der Waals surface area contributed by atoms with Crippen LogP contribution in [0.15, 0.2) is 46.8 Å². The summed E-state index contributed by atoms with van der Waals surface area (Å²) in [5.41, 5.74) is 4.76. The highest BCUT2D eigenvalue weighted by Gasteiger charge is 2.06. The van der Waals surface area contributed by atoms with E-state index >= 15 is 0 Å². The van der Waals surface area contributed by atoms with Crippen LogP contribution in [0.1, 0.15) is 16.7 Å². The first-order chi connectivity index (χ1) is 11.1. The molecule has 0 unspecified atom stereocenters. The van der Waals surface area contributed by atoms with Crippen LogP contribution in [0.5, 0.6) is 0 Å². The Balaban J connectivity index is 1.62. The third kappa shape index (κ3) is 4.47. The number of halogens is 1. The van der Waals surface area contributed by atoms with Crippen molar-refractivity contribution < 1.29 is 0 Å². The molecule has 1 aromatic heterocycles. The topological polar surface area (TPSA) is 37.8 Å². The van der Waals surface area contributed by atoms with Crippen LogP contribution < -0.4 is 5.32 Å². The summed E-state index contributed by atoms with van der Waals surface area (Å²) in [4.78, 5) is 0. The molecule has 118 valence electrons. The van der Waals surface area contributed by atoms with Gasteiger partial charge in [-0.1, -0.05) is 52.9 Å². The van der Waals surface area contributed by atoms with Crippen LogP contribution in [-0.4, -0.2) is 10.2 Å². The van der Waals surface area contributed by atoms with Crippen molar-refractivity contribution in [2.24, 2.45) is 0 Å². The number of aromatic nitrogens is 2.